The Labute approximate surface area is 162 Å². The van der Waals surface area contributed by atoms with Crippen LogP contribution in [0.1, 0.15) is 54.4 Å². The van der Waals surface area contributed by atoms with Gasteiger partial charge in [0.15, 0.2) is 0 Å². The van der Waals surface area contributed by atoms with Crippen LogP contribution in [-0.4, -0.2) is 56.8 Å². The van der Waals surface area contributed by atoms with E-state index in [4.69, 9.17) is 0 Å². The molecule has 2 aromatic rings. The van der Waals surface area contributed by atoms with Gasteiger partial charge in [-0.3, -0.25) is 9.80 Å². The lowest BCUT2D eigenvalue weighted by molar-refractivity contribution is 0.148. The number of likely N-dealkylation sites (tertiary alicyclic amines) is 2. The van der Waals surface area contributed by atoms with E-state index in [0.717, 1.165) is 18.9 Å². The van der Waals surface area contributed by atoms with Crippen molar-refractivity contribution in [2.45, 2.75) is 57.0 Å². The van der Waals surface area contributed by atoms with Gasteiger partial charge in [0.25, 0.3) is 0 Å². The molecular formula is C22H31N5. The average molecular weight is 366 g/mol. The van der Waals surface area contributed by atoms with Crippen LogP contribution in [0.25, 0.3) is 0 Å². The van der Waals surface area contributed by atoms with Crippen LogP contribution >= 0.6 is 0 Å². The summed E-state index contributed by atoms with van der Waals surface area (Å²) in [6.07, 6.45) is 7.58. The van der Waals surface area contributed by atoms with Crippen LogP contribution in [0, 0.1) is 0 Å². The van der Waals surface area contributed by atoms with Crippen molar-refractivity contribution in [2.24, 2.45) is 7.05 Å². The SMILES string of the molecule is Cn1c(CN2CCCC2)nnc1[C@H]1CCCN(C2Cc3ccccc3C2)C1. The van der Waals surface area contributed by atoms with E-state index in [9.17, 15) is 0 Å². The number of fused-ring (bicyclic) bond motifs is 1. The van der Waals surface area contributed by atoms with E-state index < -0.39 is 0 Å². The maximum atomic E-state index is 4.64. The van der Waals surface area contributed by atoms with Gasteiger partial charge in [-0.25, -0.2) is 0 Å². The van der Waals surface area contributed by atoms with Crippen LogP contribution in [0.2, 0.25) is 0 Å². The zero-order valence-corrected chi connectivity index (χ0v) is 16.5. The van der Waals surface area contributed by atoms with Gasteiger partial charge in [-0.2, -0.15) is 0 Å². The highest BCUT2D eigenvalue weighted by Gasteiger charge is 2.32. The maximum Gasteiger partial charge on any atom is 0.146 e. The van der Waals surface area contributed by atoms with Gasteiger partial charge in [0.05, 0.1) is 6.54 Å². The molecular weight excluding hydrogens is 334 g/mol. The minimum absolute atomic E-state index is 0.521. The van der Waals surface area contributed by atoms with Crippen molar-refractivity contribution >= 4 is 0 Å². The summed E-state index contributed by atoms with van der Waals surface area (Å²) in [4.78, 5) is 5.24. The van der Waals surface area contributed by atoms with Crippen LogP contribution in [0.4, 0.5) is 0 Å². The molecule has 3 aliphatic rings. The molecule has 5 nitrogen and oxygen atoms in total. The van der Waals surface area contributed by atoms with Gasteiger partial charge in [0.1, 0.15) is 11.6 Å². The van der Waals surface area contributed by atoms with Crippen LogP contribution in [0.15, 0.2) is 24.3 Å². The fourth-order valence-electron chi connectivity index (χ4n) is 5.35. The van der Waals surface area contributed by atoms with E-state index in [0.29, 0.717) is 12.0 Å². The number of aromatic nitrogens is 3. The van der Waals surface area contributed by atoms with Gasteiger partial charge in [-0.15, -0.1) is 10.2 Å². The summed E-state index contributed by atoms with van der Waals surface area (Å²) in [6, 6.07) is 9.65. The minimum atomic E-state index is 0.521. The van der Waals surface area contributed by atoms with E-state index in [1.54, 1.807) is 11.1 Å². The molecule has 0 N–H and O–H groups in total. The van der Waals surface area contributed by atoms with Crippen LogP contribution in [-0.2, 0) is 26.4 Å². The van der Waals surface area contributed by atoms with Gasteiger partial charge in [0, 0.05) is 25.6 Å². The lowest BCUT2D eigenvalue weighted by Gasteiger charge is -2.36. The predicted molar refractivity (Wildman–Crippen MR) is 107 cm³/mol. The molecule has 0 saturated carbocycles. The second-order valence-electron chi connectivity index (χ2n) is 8.68. The Balaban J connectivity index is 1.27. The third-order valence-corrected chi connectivity index (χ3v) is 6.93. The largest absolute Gasteiger partial charge is 0.317 e. The number of hydrogen-bond donors (Lipinski definition) is 0. The first-order valence-electron chi connectivity index (χ1n) is 10.7. The maximum absolute atomic E-state index is 4.64. The van der Waals surface area contributed by atoms with Gasteiger partial charge in [-0.1, -0.05) is 24.3 Å². The molecule has 0 bridgehead atoms. The van der Waals surface area contributed by atoms with E-state index >= 15 is 0 Å². The fraction of sp³-hybridized carbons (Fsp3) is 0.636. The summed E-state index contributed by atoms with van der Waals surface area (Å²) in [5.41, 5.74) is 3.10. The second-order valence-corrected chi connectivity index (χ2v) is 8.68. The summed E-state index contributed by atoms with van der Waals surface area (Å²) < 4.78 is 2.29. The molecule has 2 saturated heterocycles. The van der Waals surface area contributed by atoms with Gasteiger partial charge < -0.3 is 4.57 Å². The lowest BCUT2D eigenvalue weighted by Crippen LogP contribution is -2.43. The standard InChI is InChI=1S/C22H31N5/c1-25-21(16-26-10-4-5-11-26)23-24-22(25)19-9-6-12-27(15-19)20-13-17-7-2-3-8-18(17)14-20/h2-3,7-8,19-20H,4-6,9-16H2,1H3/t19-/m0/s1. The van der Waals surface area contributed by atoms with Crippen molar-refractivity contribution in [1.29, 1.82) is 0 Å². The fourth-order valence-corrected chi connectivity index (χ4v) is 5.35. The molecule has 0 unspecified atom stereocenters. The van der Waals surface area contributed by atoms with Crippen LogP contribution < -0.4 is 0 Å². The molecule has 27 heavy (non-hydrogen) atoms. The number of hydrogen-bond acceptors (Lipinski definition) is 4. The molecule has 2 fully saturated rings. The summed E-state index contributed by atoms with van der Waals surface area (Å²) >= 11 is 0. The Morgan fingerprint density at radius 2 is 1.70 bits per heavy atom. The molecule has 1 atom stereocenters. The molecule has 1 aliphatic carbocycles. The van der Waals surface area contributed by atoms with Gasteiger partial charge >= 0.3 is 0 Å². The first-order valence-corrected chi connectivity index (χ1v) is 10.7. The molecule has 1 aromatic heterocycles. The summed E-state index contributed by atoms with van der Waals surface area (Å²) in [6.45, 7) is 5.74. The Hall–Kier alpha value is -1.72. The molecule has 2 aliphatic heterocycles. The number of nitrogens with zero attached hydrogens (tertiary/aromatic N) is 5. The van der Waals surface area contributed by atoms with Gasteiger partial charge in [-0.05, 0) is 69.3 Å². The number of piperidine rings is 1. The van der Waals surface area contributed by atoms with Crippen molar-refractivity contribution in [3.63, 3.8) is 0 Å². The smallest absolute Gasteiger partial charge is 0.146 e. The van der Waals surface area contributed by atoms with E-state index in [1.165, 1.54) is 64.0 Å². The highest BCUT2D eigenvalue weighted by molar-refractivity contribution is 5.33. The summed E-state index contributed by atoms with van der Waals surface area (Å²) in [5, 5.41) is 9.20. The molecule has 0 radical (unpaired) electrons. The first-order chi connectivity index (χ1) is 13.3. The quantitative estimate of drug-likeness (QED) is 0.835. The highest BCUT2D eigenvalue weighted by Crippen LogP contribution is 2.32. The van der Waals surface area contributed by atoms with Crippen molar-refractivity contribution < 1.29 is 0 Å². The van der Waals surface area contributed by atoms with Crippen molar-refractivity contribution in [3.05, 3.63) is 47.0 Å². The lowest BCUT2D eigenvalue weighted by atomic mass is 9.95. The van der Waals surface area contributed by atoms with E-state index in [1.807, 2.05) is 0 Å². The van der Waals surface area contributed by atoms with Crippen LogP contribution in [0.5, 0.6) is 0 Å². The predicted octanol–water partition coefficient (Wildman–Crippen LogP) is 2.76. The zero-order chi connectivity index (χ0) is 18.2. The zero-order valence-electron chi connectivity index (χ0n) is 16.5. The molecule has 144 valence electrons. The first kappa shape index (κ1) is 17.4. The Bertz CT molecular complexity index is 767. The normalized spacial score (nSPS) is 24.6. The van der Waals surface area contributed by atoms with E-state index in [2.05, 4.69) is 55.9 Å². The Kier molecular flexibility index (Phi) is 4.74. The van der Waals surface area contributed by atoms with Gasteiger partial charge in [0.2, 0.25) is 0 Å². The second kappa shape index (κ2) is 7.36. The Morgan fingerprint density at radius 3 is 2.44 bits per heavy atom. The number of rotatable bonds is 4. The number of benzene rings is 1. The van der Waals surface area contributed by atoms with Crippen LogP contribution in [0.3, 0.4) is 0 Å². The monoisotopic (exact) mass is 365 g/mol. The molecule has 5 heteroatoms. The minimum Gasteiger partial charge on any atom is -0.317 e. The molecule has 1 aromatic carbocycles. The molecule has 3 heterocycles. The highest BCUT2D eigenvalue weighted by atomic mass is 15.3. The molecule has 0 amide bonds. The Morgan fingerprint density at radius 1 is 0.963 bits per heavy atom. The summed E-state index contributed by atoms with van der Waals surface area (Å²) in [7, 11) is 2.17. The third-order valence-electron chi connectivity index (χ3n) is 6.93. The van der Waals surface area contributed by atoms with Crippen molar-refractivity contribution in [2.75, 3.05) is 26.2 Å². The summed E-state index contributed by atoms with van der Waals surface area (Å²) in [5.74, 6) is 2.86. The third kappa shape index (κ3) is 3.43. The molecule has 5 rings (SSSR count). The topological polar surface area (TPSA) is 37.2 Å². The average Bonchev–Trinajstić information content (AvgIpc) is 3.43. The van der Waals surface area contributed by atoms with Crippen molar-refractivity contribution in [3.8, 4) is 0 Å². The van der Waals surface area contributed by atoms with Crippen molar-refractivity contribution in [1.82, 2.24) is 24.6 Å². The van der Waals surface area contributed by atoms with E-state index in [-0.39, 0.29) is 0 Å². The molecule has 0 spiro atoms.